The highest BCUT2D eigenvalue weighted by Gasteiger charge is 2.19. The predicted octanol–water partition coefficient (Wildman–Crippen LogP) is 3.30. The molecule has 0 saturated carbocycles. The summed E-state index contributed by atoms with van der Waals surface area (Å²) in [6.45, 7) is 6.68. The third-order valence-corrected chi connectivity index (χ3v) is 5.94. The maximum Gasteiger partial charge on any atom is 0.330 e. The molecule has 0 unspecified atom stereocenters. The predicted molar refractivity (Wildman–Crippen MR) is 138 cm³/mol. The van der Waals surface area contributed by atoms with Gasteiger partial charge in [0.25, 0.3) is 11.5 Å². The summed E-state index contributed by atoms with van der Waals surface area (Å²) >= 11 is 0. The zero-order valence-electron chi connectivity index (χ0n) is 21.3. The molecule has 0 aliphatic heterocycles. The van der Waals surface area contributed by atoms with Crippen molar-refractivity contribution in [3.8, 4) is 0 Å². The van der Waals surface area contributed by atoms with E-state index in [4.69, 9.17) is 4.74 Å². The molecule has 10 heteroatoms. The topological polar surface area (TPSA) is 128 Å². The van der Waals surface area contributed by atoms with Crippen molar-refractivity contribution < 1.29 is 14.3 Å². The second-order valence-corrected chi connectivity index (χ2v) is 8.90. The molecule has 0 saturated heterocycles. The first-order valence-corrected chi connectivity index (χ1v) is 12.6. The van der Waals surface area contributed by atoms with Crippen molar-refractivity contribution >= 4 is 28.7 Å². The van der Waals surface area contributed by atoms with E-state index in [9.17, 15) is 19.2 Å². The Hall–Kier alpha value is -3.69. The van der Waals surface area contributed by atoms with Gasteiger partial charge in [-0.25, -0.2) is 9.78 Å². The third-order valence-electron chi connectivity index (χ3n) is 5.94. The number of anilines is 1. The molecule has 2 aromatic heterocycles. The first-order valence-electron chi connectivity index (χ1n) is 12.6. The molecule has 0 aliphatic rings. The summed E-state index contributed by atoms with van der Waals surface area (Å²) in [6.07, 6.45) is 4.70. The molecule has 0 bridgehead atoms. The standard InChI is InChI=1S/C26H35N5O5/c1-4-6-8-16-30-20(28-24-23(30)25(34)29-26(35)31(24)15-7-5-2)13-14-22(33)36-17-21(32)27-19-11-9-18(3)10-12-19/h9-12H,4-8,13-17H2,1-3H3,(H,27,32)(H,29,34,35). The van der Waals surface area contributed by atoms with Crippen LogP contribution in [0.5, 0.6) is 0 Å². The number of fused-ring (bicyclic) bond motifs is 1. The molecular formula is C26H35N5O5. The lowest BCUT2D eigenvalue weighted by molar-refractivity contribution is -0.147. The highest BCUT2D eigenvalue weighted by molar-refractivity contribution is 5.92. The van der Waals surface area contributed by atoms with Crippen molar-refractivity contribution in [3.63, 3.8) is 0 Å². The summed E-state index contributed by atoms with van der Waals surface area (Å²) in [5.41, 5.74) is 1.43. The van der Waals surface area contributed by atoms with Gasteiger partial charge in [0.2, 0.25) is 0 Å². The number of esters is 1. The van der Waals surface area contributed by atoms with Crippen LogP contribution in [0.1, 0.15) is 63.8 Å². The smallest absolute Gasteiger partial charge is 0.330 e. The lowest BCUT2D eigenvalue weighted by Gasteiger charge is -2.09. The van der Waals surface area contributed by atoms with Gasteiger partial charge in [0, 0.05) is 25.2 Å². The quantitative estimate of drug-likeness (QED) is 0.275. The summed E-state index contributed by atoms with van der Waals surface area (Å²) in [5.74, 6) is -0.424. The molecule has 194 valence electrons. The number of aromatic nitrogens is 4. The summed E-state index contributed by atoms with van der Waals surface area (Å²) in [7, 11) is 0. The fourth-order valence-corrected chi connectivity index (χ4v) is 3.96. The maximum absolute atomic E-state index is 12.7. The zero-order valence-corrected chi connectivity index (χ0v) is 21.3. The third kappa shape index (κ3) is 6.93. The number of unbranched alkanes of at least 4 members (excludes halogenated alkanes) is 3. The molecule has 10 nitrogen and oxygen atoms in total. The molecule has 0 radical (unpaired) electrons. The van der Waals surface area contributed by atoms with E-state index in [0.29, 0.717) is 35.8 Å². The fourth-order valence-electron chi connectivity index (χ4n) is 3.96. The van der Waals surface area contributed by atoms with Crippen molar-refractivity contribution in [3.05, 3.63) is 56.5 Å². The van der Waals surface area contributed by atoms with E-state index in [2.05, 4.69) is 22.2 Å². The Morgan fingerprint density at radius 2 is 1.69 bits per heavy atom. The van der Waals surface area contributed by atoms with Gasteiger partial charge >= 0.3 is 11.7 Å². The van der Waals surface area contributed by atoms with Crippen LogP contribution in [-0.4, -0.2) is 37.6 Å². The second kappa shape index (κ2) is 12.9. The van der Waals surface area contributed by atoms with Gasteiger partial charge in [0.05, 0.1) is 6.42 Å². The molecule has 0 aliphatic carbocycles. The Bertz CT molecular complexity index is 1300. The van der Waals surface area contributed by atoms with Gasteiger partial charge in [-0.3, -0.25) is 23.9 Å². The lowest BCUT2D eigenvalue weighted by atomic mass is 10.2. The van der Waals surface area contributed by atoms with Crippen molar-refractivity contribution in [2.45, 2.75) is 78.8 Å². The summed E-state index contributed by atoms with van der Waals surface area (Å²) < 4.78 is 8.44. The highest BCUT2D eigenvalue weighted by Crippen LogP contribution is 2.16. The number of H-pyrrole nitrogens is 1. The van der Waals surface area contributed by atoms with E-state index in [0.717, 1.165) is 37.7 Å². The molecule has 0 fully saturated rings. The van der Waals surface area contributed by atoms with Crippen LogP contribution in [0.25, 0.3) is 11.2 Å². The van der Waals surface area contributed by atoms with E-state index >= 15 is 0 Å². The number of aryl methyl sites for hydroxylation is 4. The zero-order chi connectivity index (χ0) is 26.1. The number of nitrogens with one attached hydrogen (secondary N) is 2. The normalized spacial score (nSPS) is 11.1. The molecule has 3 rings (SSSR count). The van der Waals surface area contributed by atoms with Gasteiger partial charge in [0.15, 0.2) is 17.8 Å². The van der Waals surface area contributed by atoms with Crippen LogP contribution < -0.4 is 16.6 Å². The van der Waals surface area contributed by atoms with Crippen LogP contribution in [-0.2, 0) is 33.8 Å². The molecule has 2 N–H and O–H groups in total. The Morgan fingerprint density at radius 1 is 1.00 bits per heavy atom. The molecule has 2 heterocycles. The highest BCUT2D eigenvalue weighted by atomic mass is 16.5. The number of hydrogen-bond donors (Lipinski definition) is 2. The van der Waals surface area contributed by atoms with Crippen molar-refractivity contribution in [2.75, 3.05) is 11.9 Å². The number of carbonyl (C=O) groups excluding carboxylic acids is 2. The Labute approximate surface area is 209 Å². The first-order chi connectivity index (χ1) is 17.3. The minimum atomic E-state index is -0.543. The molecule has 36 heavy (non-hydrogen) atoms. The van der Waals surface area contributed by atoms with Gasteiger partial charge in [-0.1, -0.05) is 50.8 Å². The van der Waals surface area contributed by atoms with Crippen molar-refractivity contribution in [2.24, 2.45) is 0 Å². The van der Waals surface area contributed by atoms with Crippen molar-refractivity contribution in [1.82, 2.24) is 19.1 Å². The SMILES string of the molecule is CCCCCn1c(CCC(=O)OCC(=O)Nc2ccc(C)cc2)nc2c1c(=O)[nH]c(=O)n2CCCC. The van der Waals surface area contributed by atoms with Gasteiger partial charge in [-0.15, -0.1) is 0 Å². The number of aromatic amines is 1. The van der Waals surface area contributed by atoms with Crippen LogP contribution in [0.4, 0.5) is 5.69 Å². The molecule has 0 atom stereocenters. The molecule has 1 amide bonds. The number of amides is 1. The number of carbonyl (C=O) groups is 2. The number of rotatable bonds is 13. The van der Waals surface area contributed by atoms with Gasteiger partial charge in [-0.2, -0.15) is 0 Å². The average Bonchev–Trinajstić information content (AvgIpc) is 3.21. The van der Waals surface area contributed by atoms with Gasteiger partial charge in [0.1, 0.15) is 5.82 Å². The Balaban J connectivity index is 1.72. The van der Waals surface area contributed by atoms with Crippen LogP contribution in [0.15, 0.2) is 33.9 Å². The van der Waals surface area contributed by atoms with E-state index in [-0.39, 0.29) is 12.8 Å². The van der Waals surface area contributed by atoms with E-state index < -0.39 is 29.7 Å². The summed E-state index contributed by atoms with van der Waals surface area (Å²) in [5, 5.41) is 2.69. The number of hydrogen-bond acceptors (Lipinski definition) is 6. The van der Waals surface area contributed by atoms with Crippen LogP contribution >= 0.6 is 0 Å². The van der Waals surface area contributed by atoms with E-state index in [1.165, 1.54) is 4.57 Å². The first kappa shape index (κ1) is 26.9. The molecule has 3 aromatic rings. The molecule has 1 aromatic carbocycles. The number of nitrogens with zero attached hydrogens (tertiary/aromatic N) is 3. The molecular weight excluding hydrogens is 462 g/mol. The van der Waals surface area contributed by atoms with Gasteiger partial charge < -0.3 is 14.6 Å². The van der Waals surface area contributed by atoms with E-state index in [1.54, 1.807) is 12.1 Å². The van der Waals surface area contributed by atoms with Crippen LogP contribution in [0.3, 0.4) is 0 Å². The minimum Gasteiger partial charge on any atom is -0.456 e. The minimum absolute atomic E-state index is 0.00793. The monoisotopic (exact) mass is 497 g/mol. The number of imidazole rings is 1. The average molecular weight is 498 g/mol. The Kier molecular flexibility index (Phi) is 9.61. The summed E-state index contributed by atoms with van der Waals surface area (Å²) in [6, 6.07) is 7.31. The molecule has 0 spiro atoms. The maximum atomic E-state index is 12.7. The van der Waals surface area contributed by atoms with Crippen LogP contribution in [0, 0.1) is 6.92 Å². The summed E-state index contributed by atoms with van der Waals surface area (Å²) in [4.78, 5) is 56.7. The Morgan fingerprint density at radius 3 is 2.39 bits per heavy atom. The fraction of sp³-hybridized carbons (Fsp3) is 0.500. The van der Waals surface area contributed by atoms with E-state index in [1.807, 2.05) is 30.5 Å². The number of benzene rings is 1. The van der Waals surface area contributed by atoms with Gasteiger partial charge in [-0.05, 0) is 31.9 Å². The number of ether oxygens (including phenoxy) is 1. The lowest BCUT2D eigenvalue weighted by Crippen LogP contribution is -2.31. The van der Waals surface area contributed by atoms with Crippen LogP contribution in [0.2, 0.25) is 0 Å². The second-order valence-electron chi connectivity index (χ2n) is 8.90. The van der Waals surface area contributed by atoms with Crippen molar-refractivity contribution in [1.29, 1.82) is 0 Å². The largest absolute Gasteiger partial charge is 0.456 e.